The summed E-state index contributed by atoms with van der Waals surface area (Å²) in [6, 6.07) is 5.88. The molecule has 1 aliphatic heterocycles. The van der Waals surface area contributed by atoms with Gasteiger partial charge in [0, 0.05) is 31.7 Å². The molecular weight excluding hydrogens is 352 g/mol. The molecule has 0 radical (unpaired) electrons. The maximum atomic E-state index is 12.5. The smallest absolute Gasteiger partial charge is 0.253 e. The number of sulfonamides is 1. The van der Waals surface area contributed by atoms with E-state index in [1.54, 1.807) is 18.7 Å². The minimum atomic E-state index is -3.37. The maximum absolute atomic E-state index is 12.5. The molecule has 0 aliphatic carbocycles. The molecule has 0 aromatic heterocycles. The van der Waals surface area contributed by atoms with E-state index >= 15 is 0 Å². The van der Waals surface area contributed by atoms with E-state index in [1.165, 1.54) is 28.6 Å². The molecule has 1 aliphatic rings. The number of amides is 1. The molecule has 1 aromatic rings. The minimum absolute atomic E-state index is 0.191. The Morgan fingerprint density at radius 3 is 1.88 bits per heavy atom. The molecule has 1 aromatic carbocycles. The van der Waals surface area contributed by atoms with E-state index in [0.717, 1.165) is 6.26 Å². The van der Waals surface area contributed by atoms with E-state index in [4.69, 9.17) is 0 Å². The average molecular weight is 374 g/mol. The Labute approximate surface area is 143 Å². The van der Waals surface area contributed by atoms with Crippen molar-refractivity contribution in [1.29, 1.82) is 0 Å². The van der Waals surface area contributed by atoms with Crippen molar-refractivity contribution in [2.45, 2.75) is 24.0 Å². The number of carbonyl (C=O) groups excluding carboxylic acids is 1. The molecule has 1 fully saturated rings. The first-order valence-corrected chi connectivity index (χ1v) is 11.0. The molecule has 2 rings (SSSR count). The number of benzene rings is 1. The van der Waals surface area contributed by atoms with Crippen LogP contribution in [0.2, 0.25) is 0 Å². The summed E-state index contributed by atoms with van der Waals surface area (Å²) in [5, 5.41) is -0.525. The van der Waals surface area contributed by atoms with Crippen molar-refractivity contribution < 1.29 is 21.6 Å². The van der Waals surface area contributed by atoms with Gasteiger partial charge in [-0.15, -0.1) is 0 Å². The number of carbonyl (C=O) groups is 1. The van der Waals surface area contributed by atoms with Crippen molar-refractivity contribution in [2.24, 2.45) is 0 Å². The first-order chi connectivity index (χ1) is 11.0. The highest BCUT2D eigenvalue weighted by Gasteiger charge is 2.27. The number of hydrogen-bond donors (Lipinski definition) is 0. The topological polar surface area (TPSA) is 91.8 Å². The molecule has 0 N–H and O–H groups in total. The van der Waals surface area contributed by atoms with Crippen LogP contribution in [0.4, 0.5) is 0 Å². The van der Waals surface area contributed by atoms with E-state index in [2.05, 4.69) is 0 Å². The summed E-state index contributed by atoms with van der Waals surface area (Å²) < 4.78 is 48.5. The van der Waals surface area contributed by atoms with E-state index in [9.17, 15) is 21.6 Å². The molecule has 0 unspecified atom stereocenters. The van der Waals surface area contributed by atoms with Gasteiger partial charge in [-0.05, 0) is 38.1 Å². The fraction of sp³-hybridized carbons (Fsp3) is 0.533. The second kappa shape index (κ2) is 6.81. The normalized spacial score (nSPS) is 17.2. The number of sulfone groups is 1. The predicted molar refractivity (Wildman–Crippen MR) is 91.1 cm³/mol. The van der Waals surface area contributed by atoms with Crippen LogP contribution in [0, 0.1) is 0 Å². The molecule has 7 nitrogen and oxygen atoms in total. The fourth-order valence-electron chi connectivity index (χ4n) is 2.46. The highest BCUT2D eigenvalue weighted by molar-refractivity contribution is 7.92. The number of nitrogens with zero attached hydrogens (tertiary/aromatic N) is 2. The summed E-state index contributed by atoms with van der Waals surface area (Å²) >= 11 is 0. The highest BCUT2D eigenvalue weighted by Crippen LogP contribution is 2.18. The van der Waals surface area contributed by atoms with Crippen molar-refractivity contribution in [3.05, 3.63) is 29.8 Å². The molecule has 0 spiro atoms. The van der Waals surface area contributed by atoms with Crippen LogP contribution in [0.15, 0.2) is 29.2 Å². The highest BCUT2D eigenvalue weighted by atomic mass is 32.2. The molecule has 0 saturated carbocycles. The summed E-state index contributed by atoms with van der Waals surface area (Å²) in [5.41, 5.74) is 0.394. The monoisotopic (exact) mass is 374 g/mol. The van der Waals surface area contributed by atoms with Gasteiger partial charge in [0.2, 0.25) is 10.0 Å². The number of piperazine rings is 1. The van der Waals surface area contributed by atoms with Gasteiger partial charge >= 0.3 is 0 Å². The molecule has 1 saturated heterocycles. The van der Waals surface area contributed by atoms with E-state index in [-0.39, 0.29) is 23.9 Å². The standard InChI is InChI=1S/C15H22N2O5S2/c1-12(2)24(21,22)14-6-4-13(5-7-14)15(18)16-8-10-17(11-9-16)23(3,19)20/h4-7,12H,8-11H2,1-3H3. The van der Waals surface area contributed by atoms with Crippen LogP contribution >= 0.6 is 0 Å². The van der Waals surface area contributed by atoms with Crippen molar-refractivity contribution in [1.82, 2.24) is 9.21 Å². The van der Waals surface area contributed by atoms with Gasteiger partial charge in [-0.1, -0.05) is 0 Å². The second-order valence-corrected chi connectivity index (χ2v) is 10.6. The summed E-state index contributed by atoms with van der Waals surface area (Å²) in [7, 11) is -6.61. The lowest BCUT2D eigenvalue weighted by Gasteiger charge is -2.33. The van der Waals surface area contributed by atoms with Gasteiger partial charge in [0.15, 0.2) is 9.84 Å². The average Bonchev–Trinajstić information content (AvgIpc) is 2.53. The van der Waals surface area contributed by atoms with Gasteiger partial charge in [0.25, 0.3) is 5.91 Å². The third kappa shape index (κ3) is 3.96. The van der Waals surface area contributed by atoms with Crippen LogP contribution in [0.3, 0.4) is 0 Å². The number of hydrogen-bond acceptors (Lipinski definition) is 5. The van der Waals surface area contributed by atoms with Crippen LogP contribution in [0.1, 0.15) is 24.2 Å². The fourth-order valence-corrected chi connectivity index (χ4v) is 4.35. The largest absolute Gasteiger partial charge is 0.336 e. The molecule has 9 heteroatoms. The summed E-state index contributed by atoms with van der Waals surface area (Å²) in [6.07, 6.45) is 1.15. The lowest BCUT2D eigenvalue weighted by Crippen LogP contribution is -2.50. The molecule has 134 valence electrons. The Balaban J connectivity index is 2.09. The predicted octanol–water partition coefficient (Wildman–Crippen LogP) is 0.586. The van der Waals surface area contributed by atoms with Gasteiger partial charge < -0.3 is 4.90 Å². The Bertz CT molecular complexity index is 806. The van der Waals surface area contributed by atoms with Crippen LogP contribution in [0.25, 0.3) is 0 Å². The van der Waals surface area contributed by atoms with Gasteiger partial charge in [-0.25, -0.2) is 16.8 Å². The Kier molecular flexibility index (Phi) is 5.36. The molecular formula is C15H22N2O5S2. The van der Waals surface area contributed by atoms with Crippen LogP contribution in [-0.4, -0.2) is 69.6 Å². The van der Waals surface area contributed by atoms with E-state index < -0.39 is 25.1 Å². The third-order valence-corrected chi connectivity index (χ3v) is 7.52. The van der Waals surface area contributed by atoms with E-state index in [0.29, 0.717) is 18.7 Å². The molecule has 24 heavy (non-hydrogen) atoms. The number of rotatable bonds is 4. The van der Waals surface area contributed by atoms with Crippen molar-refractivity contribution in [3.63, 3.8) is 0 Å². The summed E-state index contributed by atoms with van der Waals surface area (Å²) in [4.78, 5) is 14.2. The van der Waals surface area contributed by atoms with Crippen LogP contribution in [-0.2, 0) is 19.9 Å². The zero-order chi connectivity index (χ0) is 18.1. The van der Waals surface area contributed by atoms with Gasteiger partial charge in [0.1, 0.15) is 0 Å². The van der Waals surface area contributed by atoms with Crippen LogP contribution in [0.5, 0.6) is 0 Å². The Morgan fingerprint density at radius 2 is 1.46 bits per heavy atom. The first-order valence-electron chi connectivity index (χ1n) is 7.62. The minimum Gasteiger partial charge on any atom is -0.336 e. The Morgan fingerprint density at radius 1 is 0.958 bits per heavy atom. The zero-order valence-electron chi connectivity index (χ0n) is 14.0. The van der Waals surface area contributed by atoms with Crippen LogP contribution < -0.4 is 0 Å². The van der Waals surface area contributed by atoms with Crippen molar-refractivity contribution >= 4 is 25.8 Å². The summed E-state index contributed by atoms with van der Waals surface area (Å²) in [6.45, 7) is 4.38. The van der Waals surface area contributed by atoms with Crippen molar-refractivity contribution in [3.8, 4) is 0 Å². The van der Waals surface area contributed by atoms with Gasteiger partial charge in [0.05, 0.1) is 16.4 Å². The quantitative estimate of drug-likeness (QED) is 0.769. The SMILES string of the molecule is CC(C)S(=O)(=O)c1ccc(C(=O)N2CCN(S(C)(=O)=O)CC2)cc1. The summed E-state index contributed by atoms with van der Waals surface area (Å²) in [5.74, 6) is -0.225. The van der Waals surface area contributed by atoms with E-state index in [1.807, 2.05) is 0 Å². The van der Waals surface area contributed by atoms with Gasteiger partial charge in [-0.2, -0.15) is 4.31 Å². The molecule has 0 atom stereocenters. The van der Waals surface area contributed by atoms with Crippen molar-refractivity contribution in [2.75, 3.05) is 32.4 Å². The first kappa shape index (κ1) is 18.9. The maximum Gasteiger partial charge on any atom is 0.253 e. The van der Waals surface area contributed by atoms with Gasteiger partial charge in [-0.3, -0.25) is 4.79 Å². The molecule has 1 amide bonds. The Hall–Kier alpha value is -1.45. The second-order valence-electron chi connectivity index (χ2n) is 6.07. The lowest BCUT2D eigenvalue weighted by atomic mass is 10.2. The molecule has 0 bridgehead atoms. The molecule has 1 heterocycles. The zero-order valence-corrected chi connectivity index (χ0v) is 15.6. The lowest BCUT2D eigenvalue weighted by molar-refractivity contribution is 0.0698. The third-order valence-electron chi connectivity index (χ3n) is 4.05.